The van der Waals surface area contributed by atoms with E-state index < -0.39 is 0 Å². The maximum absolute atomic E-state index is 5.35. The Hall–Kier alpha value is -2.14. The minimum atomic E-state index is 0.624. The Balaban J connectivity index is 2.01. The van der Waals surface area contributed by atoms with Crippen LogP contribution in [0.5, 0.6) is 0 Å². The van der Waals surface area contributed by atoms with Crippen LogP contribution in [0.4, 0.5) is 17.3 Å². The SMILES string of the molecule is NNc1cc(N2CCc3ccccc32)ncn1. The van der Waals surface area contributed by atoms with Crippen molar-refractivity contribution < 1.29 is 0 Å². The molecule has 1 aliphatic heterocycles. The Labute approximate surface area is 99.3 Å². The summed E-state index contributed by atoms with van der Waals surface area (Å²) < 4.78 is 0. The summed E-state index contributed by atoms with van der Waals surface area (Å²) >= 11 is 0. The minimum Gasteiger partial charge on any atom is -0.326 e. The number of nitrogens with zero attached hydrogens (tertiary/aromatic N) is 3. The summed E-state index contributed by atoms with van der Waals surface area (Å²) in [7, 11) is 0. The molecule has 0 unspecified atom stereocenters. The summed E-state index contributed by atoms with van der Waals surface area (Å²) in [4.78, 5) is 10.5. The molecule has 5 nitrogen and oxygen atoms in total. The molecule has 1 aromatic heterocycles. The van der Waals surface area contributed by atoms with E-state index in [2.05, 4.69) is 38.5 Å². The van der Waals surface area contributed by atoms with Crippen molar-refractivity contribution in [3.05, 3.63) is 42.2 Å². The molecule has 5 heteroatoms. The number of para-hydroxylation sites is 1. The van der Waals surface area contributed by atoms with Gasteiger partial charge >= 0.3 is 0 Å². The van der Waals surface area contributed by atoms with Gasteiger partial charge in [0.1, 0.15) is 18.0 Å². The summed E-state index contributed by atoms with van der Waals surface area (Å²) in [6.45, 7) is 0.945. The quantitative estimate of drug-likeness (QED) is 0.600. The average molecular weight is 227 g/mol. The maximum Gasteiger partial charge on any atom is 0.145 e. The zero-order valence-electron chi connectivity index (χ0n) is 9.30. The Morgan fingerprint density at radius 2 is 2.12 bits per heavy atom. The van der Waals surface area contributed by atoms with Gasteiger partial charge in [-0.2, -0.15) is 0 Å². The number of benzene rings is 1. The van der Waals surface area contributed by atoms with Gasteiger partial charge in [0.2, 0.25) is 0 Å². The van der Waals surface area contributed by atoms with Gasteiger partial charge in [0.15, 0.2) is 0 Å². The first kappa shape index (κ1) is 10.0. The second kappa shape index (κ2) is 4.03. The van der Waals surface area contributed by atoms with E-state index in [4.69, 9.17) is 5.84 Å². The van der Waals surface area contributed by atoms with Crippen molar-refractivity contribution in [3.8, 4) is 0 Å². The van der Waals surface area contributed by atoms with Crippen molar-refractivity contribution in [3.63, 3.8) is 0 Å². The molecule has 2 aromatic rings. The highest BCUT2D eigenvalue weighted by molar-refractivity contribution is 5.68. The number of nitrogen functional groups attached to an aromatic ring is 1. The Morgan fingerprint density at radius 1 is 1.24 bits per heavy atom. The number of nitrogens with one attached hydrogen (secondary N) is 1. The van der Waals surface area contributed by atoms with Crippen molar-refractivity contribution in [2.75, 3.05) is 16.9 Å². The lowest BCUT2D eigenvalue weighted by molar-refractivity contribution is 0.963. The molecule has 86 valence electrons. The van der Waals surface area contributed by atoms with E-state index >= 15 is 0 Å². The molecule has 0 spiro atoms. The summed E-state index contributed by atoms with van der Waals surface area (Å²) in [6.07, 6.45) is 2.57. The second-order valence-electron chi connectivity index (χ2n) is 3.94. The number of hydrogen-bond acceptors (Lipinski definition) is 5. The fourth-order valence-electron chi connectivity index (χ4n) is 2.15. The van der Waals surface area contributed by atoms with E-state index in [1.54, 1.807) is 0 Å². The third kappa shape index (κ3) is 1.70. The molecular formula is C12H13N5. The summed E-state index contributed by atoms with van der Waals surface area (Å²) in [5, 5.41) is 0. The largest absolute Gasteiger partial charge is 0.326 e. The van der Waals surface area contributed by atoms with Crippen LogP contribution in [-0.2, 0) is 6.42 Å². The van der Waals surface area contributed by atoms with Gasteiger partial charge in [-0.25, -0.2) is 15.8 Å². The number of nitrogens with two attached hydrogens (primary N) is 1. The normalized spacial score (nSPS) is 13.6. The molecule has 0 radical (unpaired) electrons. The van der Waals surface area contributed by atoms with E-state index in [1.165, 1.54) is 17.6 Å². The Morgan fingerprint density at radius 3 is 3.00 bits per heavy atom. The van der Waals surface area contributed by atoms with Gasteiger partial charge in [-0.15, -0.1) is 0 Å². The van der Waals surface area contributed by atoms with Gasteiger partial charge in [-0.1, -0.05) is 18.2 Å². The van der Waals surface area contributed by atoms with E-state index in [-0.39, 0.29) is 0 Å². The molecule has 0 fully saturated rings. The number of fused-ring (bicyclic) bond motifs is 1. The minimum absolute atomic E-state index is 0.624. The van der Waals surface area contributed by atoms with Crippen LogP contribution in [0.2, 0.25) is 0 Å². The molecule has 3 rings (SSSR count). The molecule has 0 aliphatic carbocycles. The number of anilines is 3. The number of rotatable bonds is 2. The van der Waals surface area contributed by atoms with Crippen molar-refractivity contribution in [2.45, 2.75) is 6.42 Å². The van der Waals surface area contributed by atoms with Crippen LogP contribution in [-0.4, -0.2) is 16.5 Å². The third-order valence-electron chi connectivity index (χ3n) is 2.96. The Kier molecular flexibility index (Phi) is 2.38. The molecule has 1 aliphatic rings. The van der Waals surface area contributed by atoms with Gasteiger partial charge in [-0.3, -0.25) is 0 Å². The first-order chi connectivity index (χ1) is 8.38. The van der Waals surface area contributed by atoms with E-state index in [1.807, 2.05) is 12.1 Å². The number of hydrogen-bond donors (Lipinski definition) is 2. The van der Waals surface area contributed by atoms with Crippen LogP contribution in [0.3, 0.4) is 0 Å². The maximum atomic E-state index is 5.35. The van der Waals surface area contributed by atoms with Gasteiger partial charge in [0, 0.05) is 18.3 Å². The lowest BCUT2D eigenvalue weighted by atomic mass is 10.2. The van der Waals surface area contributed by atoms with Gasteiger partial charge in [0.05, 0.1) is 0 Å². The van der Waals surface area contributed by atoms with Gasteiger partial charge in [0.25, 0.3) is 0 Å². The van der Waals surface area contributed by atoms with Crippen LogP contribution in [0.1, 0.15) is 5.56 Å². The highest BCUT2D eigenvalue weighted by Crippen LogP contribution is 2.33. The molecule has 0 atom stereocenters. The summed E-state index contributed by atoms with van der Waals surface area (Å²) in [6, 6.07) is 10.2. The fraction of sp³-hybridized carbons (Fsp3) is 0.167. The lowest BCUT2D eigenvalue weighted by Gasteiger charge is -2.18. The molecule has 0 amide bonds. The molecule has 0 saturated heterocycles. The topological polar surface area (TPSA) is 67.1 Å². The van der Waals surface area contributed by atoms with Gasteiger partial charge in [-0.05, 0) is 18.1 Å². The molecular weight excluding hydrogens is 214 g/mol. The molecule has 1 aromatic carbocycles. The molecule has 17 heavy (non-hydrogen) atoms. The number of hydrazine groups is 1. The van der Waals surface area contributed by atoms with Crippen molar-refractivity contribution in [2.24, 2.45) is 5.84 Å². The van der Waals surface area contributed by atoms with Crippen molar-refractivity contribution in [1.29, 1.82) is 0 Å². The standard InChI is InChI=1S/C12H13N5/c13-16-11-7-12(15-8-14-11)17-6-5-9-3-1-2-4-10(9)17/h1-4,7-8H,5-6,13H2,(H,14,15,16). The summed E-state index contributed by atoms with van der Waals surface area (Å²) in [5.74, 6) is 6.85. The van der Waals surface area contributed by atoms with Crippen molar-refractivity contribution >= 4 is 17.3 Å². The molecule has 0 bridgehead atoms. The van der Waals surface area contributed by atoms with E-state index in [9.17, 15) is 0 Å². The van der Waals surface area contributed by atoms with Crippen molar-refractivity contribution in [1.82, 2.24) is 9.97 Å². The van der Waals surface area contributed by atoms with Crippen LogP contribution in [0.25, 0.3) is 0 Å². The second-order valence-corrected chi connectivity index (χ2v) is 3.94. The van der Waals surface area contributed by atoms with Crippen LogP contribution in [0, 0.1) is 0 Å². The smallest absolute Gasteiger partial charge is 0.145 e. The fourth-order valence-corrected chi connectivity index (χ4v) is 2.15. The first-order valence-electron chi connectivity index (χ1n) is 5.52. The zero-order valence-corrected chi connectivity index (χ0v) is 9.30. The highest BCUT2D eigenvalue weighted by Gasteiger charge is 2.20. The van der Waals surface area contributed by atoms with Crippen LogP contribution >= 0.6 is 0 Å². The molecule has 2 heterocycles. The molecule has 3 N–H and O–H groups in total. The predicted octanol–water partition coefficient (Wildman–Crippen LogP) is 1.46. The first-order valence-corrected chi connectivity index (χ1v) is 5.52. The molecule has 0 saturated carbocycles. The monoisotopic (exact) mass is 227 g/mol. The average Bonchev–Trinajstić information content (AvgIpc) is 2.82. The van der Waals surface area contributed by atoms with Crippen LogP contribution < -0.4 is 16.2 Å². The van der Waals surface area contributed by atoms with Crippen LogP contribution in [0.15, 0.2) is 36.7 Å². The predicted molar refractivity (Wildman–Crippen MR) is 67.0 cm³/mol. The summed E-state index contributed by atoms with van der Waals surface area (Å²) in [5.41, 5.74) is 5.11. The van der Waals surface area contributed by atoms with E-state index in [0.29, 0.717) is 5.82 Å². The Bertz CT molecular complexity index is 540. The number of aromatic nitrogens is 2. The zero-order chi connectivity index (χ0) is 11.7. The van der Waals surface area contributed by atoms with Gasteiger partial charge < -0.3 is 10.3 Å². The lowest BCUT2D eigenvalue weighted by Crippen LogP contribution is -2.16. The third-order valence-corrected chi connectivity index (χ3v) is 2.96. The van der Waals surface area contributed by atoms with E-state index in [0.717, 1.165) is 18.8 Å². The highest BCUT2D eigenvalue weighted by atomic mass is 15.3.